The molecule has 0 saturated heterocycles. The van der Waals surface area contributed by atoms with Gasteiger partial charge in [0.25, 0.3) is 5.91 Å². The number of aromatic nitrogens is 2. The van der Waals surface area contributed by atoms with Gasteiger partial charge in [0.05, 0.1) is 35.7 Å². The molecule has 0 atom stereocenters. The highest BCUT2D eigenvalue weighted by molar-refractivity contribution is 7.13. The molecule has 0 unspecified atom stereocenters. The maximum absolute atomic E-state index is 13.3. The van der Waals surface area contributed by atoms with Gasteiger partial charge in [-0.15, -0.1) is 11.3 Å². The first kappa shape index (κ1) is 25.2. The molecule has 5 rings (SSSR count). The van der Waals surface area contributed by atoms with Crippen LogP contribution in [0.5, 0.6) is 5.75 Å². The van der Waals surface area contributed by atoms with Gasteiger partial charge >= 0.3 is 6.09 Å². The number of nitrogens with zero attached hydrogens (tertiary/aromatic N) is 4. The zero-order valence-electron chi connectivity index (χ0n) is 21.6. The summed E-state index contributed by atoms with van der Waals surface area (Å²) in [5, 5.41) is 16.6. The number of benzene rings is 2. The number of carbonyl (C=O) groups excluding carboxylic acids is 2. The summed E-state index contributed by atoms with van der Waals surface area (Å²) in [4.78, 5) is 28.8. The van der Waals surface area contributed by atoms with Gasteiger partial charge in [0.15, 0.2) is 0 Å². The van der Waals surface area contributed by atoms with Crippen molar-refractivity contribution in [3.63, 3.8) is 0 Å². The molecule has 1 amide bonds. The molecule has 2 aromatic carbocycles. The number of thiophene rings is 1. The fourth-order valence-corrected chi connectivity index (χ4v) is 5.33. The molecule has 0 bridgehead atoms. The predicted octanol–water partition coefficient (Wildman–Crippen LogP) is 6.26. The van der Waals surface area contributed by atoms with Crippen LogP contribution in [0.4, 0.5) is 4.79 Å². The van der Waals surface area contributed by atoms with Crippen molar-refractivity contribution in [1.29, 1.82) is 5.26 Å². The Morgan fingerprint density at radius 1 is 1.24 bits per heavy atom. The molecule has 0 N–H and O–H groups in total. The number of methoxy groups -OCH3 is 1. The average molecular weight is 527 g/mol. The third-order valence-electron chi connectivity index (χ3n) is 6.20. The molecule has 0 saturated carbocycles. The van der Waals surface area contributed by atoms with Crippen LogP contribution in [0, 0.1) is 11.3 Å². The van der Waals surface area contributed by atoms with E-state index in [1.165, 1.54) is 23.1 Å². The summed E-state index contributed by atoms with van der Waals surface area (Å²) >= 11 is 1.53. The molecule has 9 heteroatoms. The Kier molecular flexibility index (Phi) is 6.29. The summed E-state index contributed by atoms with van der Waals surface area (Å²) < 4.78 is 12.4. The normalized spacial score (nSPS) is 12.9. The number of carbonyl (C=O) groups is 2. The minimum absolute atomic E-state index is 0.150. The summed E-state index contributed by atoms with van der Waals surface area (Å²) in [6, 6.07) is 15.4. The van der Waals surface area contributed by atoms with E-state index in [2.05, 4.69) is 11.7 Å². The molecule has 192 valence electrons. The van der Waals surface area contributed by atoms with Crippen molar-refractivity contribution in [2.45, 2.75) is 32.9 Å². The smallest absolute Gasteiger partial charge is 0.435 e. The molecule has 8 nitrogen and oxygen atoms in total. The van der Waals surface area contributed by atoms with Crippen LogP contribution in [-0.4, -0.2) is 45.9 Å². The lowest BCUT2D eigenvalue weighted by molar-refractivity contribution is 0.0523. The average Bonchev–Trinajstić information content (AvgIpc) is 3.60. The second-order valence-corrected chi connectivity index (χ2v) is 10.9. The molecule has 0 spiro atoms. The number of rotatable bonds is 5. The van der Waals surface area contributed by atoms with E-state index in [4.69, 9.17) is 9.47 Å². The van der Waals surface area contributed by atoms with Gasteiger partial charge in [-0.2, -0.15) is 15.0 Å². The molecule has 1 aliphatic rings. The number of ether oxygens (including phenoxy) is 2. The zero-order chi connectivity index (χ0) is 27.2. The van der Waals surface area contributed by atoms with Crippen LogP contribution >= 0.6 is 11.3 Å². The van der Waals surface area contributed by atoms with Crippen molar-refractivity contribution in [3.8, 4) is 33.5 Å². The van der Waals surface area contributed by atoms with Gasteiger partial charge in [-0.25, -0.2) is 4.79 Å². The third-order valence-corrected chi connectivity index (χ3v) is 7.07. The first-order valence-corrected chi connectivity index (χ1v) is 12.9. The van der Waals surface area contributed by atoms with Crippen LogP contribution in [0.15, 0.2) is 60.0 Å². The van der Waals surface area contributed by atoms with Gasteiger partial charge in [0.1, 0.15) is 17.0 Å². The Bertz CT molecular complexity index is 1640. The van der Waals surface area contributed by atoms with E-state index in [0.717, 1.165) is 27.0 Å². The van der Waals surface area contributed by atoms with Crippen LogP contribution in [0.25, 0.3) is 32.6 Å². The second-order valence-electron chi connectivity index (χ2n) is 10.00. The fraction of sp³-hybridized carbons (Fsp3) is 0.241. The van der Waals surface area contributed by atoms with E-state index >= 15 is 0 Å². The first-order valence-electron chi connectivity index (χ1n) is 12.0. The van der Waals surface area contributed by atoms with Crippen molar-refractivity contribution in [1.82, 2.24) is 14.7 Å². The second kappa shape index (κ2) is 9.47. The van der Waals surface area contributed by atoms with Crippen molar-refractivity contribution in [3.05, 3.63) is 71.1 Å². The van der Waals surface area contributed by atoms with E-state index in [1.54, 1.807) is 11.0 Å². The third kappa shape index (κ3) is 4.44. The SMILES string of the molecule is C=C(C#N)CN1Cc2c(-c3ccc4c(c3)c(-c3cccs3)nn4C(=O)OC(C)(C)C)ccc(OC)c2C1=O. The summed E-state index contributed by atoms with van der Waals surface area (Å²) in [5.41, 5.74) is 3.97. The standard InChI is InChI=1S/C29H26N4O4S/c1-17(14-30)15-32-16-21-19(9-11-23(36-5)25(21)27(32)34)18-8-10-22-20(13-18)26(24-7-6-12-38-24)31-33(22)28(35)37-29(2,3)4/h6-13H,1,15-16H2,2-5H3. The van der Waals surface area contributed by atoms with Crippen molar-refractivity contribution in [2.24, 2.45) is 0 Å². The molecular weight excluding hydrogens is 500 g/mol. The van der Waals surface area contributed by atoms with Crippen LogP contribution in [0.2, 0.25) is 0 Å². The summed E-state index contributed by atoms with van der Waals surface area (Å²) in [6.07, 6.45) is -0.553. The van der Waals surface area contributed by atoms with E-state index in [0.29, 0.717) is 34.6 Å². The van der Waals surface area contributed by atoms with Crippen LogP contribution in [-0.2, 0) is 11.3 Å². The Labute approximate surface area is 224 Å². The van der Waals surface area contributed by atoms with Gasteiger partial charge in [-0.05, 0) is 67.1 Å². The van der Waals surface area contributed by atoms with E-state index in [9.17, 15) is 14.9 Å². The summed E-state index contributed by atoms with van der Waals surface area (Å²) in [7, 11) is 1.53. The number of hydrogen-bond acceptors (Lipinski definition) is 7. The minimum atomic E-state index is -0.669. The number of hydrogen-bond donors (Lipinski definition) is 0. The molecule has 0 radical (unpaired) electrons. The van der Waals surface area contributed by atoms with Crippen LogP contribution in [0.3, 0.4) is 0 Å². The van der Waals surface area contributed by atoms with Crippen molar-refractivity contribution in [2.75, 3.05) is 13.7 Å². The monoisotopic (exact) mass is 526 g/mol. The Balaban J connectivity index is 1.66. The topological polar surface area (TPSA) is 97.5 Å². The van der Waals surface area contributed by atoms with E-state index in [1.807, 2.05) is 68.6 Å². The number of amides is 1. The maximum Gasteiger partial charge on any atom is 0.435 e. The Morgan fingerprint density at radius 2 is 2.03 bits per heavy atom. The van der Waals surface area contributed by atoms with Gasteiger partial charge in [-0.1, -0.05) is 24.8 Å². The lowest BCUT2D eigenvalue weighted by Crippen LogP contribution is -2.27. The Hall–Kier alpha value is -4.42. The van der Waals surface area contributed by atoms with Gasteiger partial charge < -0.3 is 14.4 Å². The van der Waals surface area contributed by atoms with Gasteiger partial charge in [0.2, 0.25) is 0 Å². The van der Waals surface area contributed by atoms with Gasteiger partial charge in [-0.3, -0.25) is 4.79 Å². The van der Waals surface area contributed by atoms with Crippen molar-refractivity contribution >= 4 is 34.2 Å². The molecule has 4 aromatic rings. The molecule has 0 aliphatic carbocycles. The lowest BCUT2D eigenvalue weighted by Gasteiger charge is -2.19. The van der Waals surface area contributed by atoms with Crippen molar-refractivity contribution < 1.29 is 19.1 Å². The highest BCUT2D eigenvalue weighted by Crippen LogP contribution is 2.40. The van der Waals surface area contributed by atoms with E-state index < -0.39 is 11.7 Å². The zero-order valence-corrected chi connectivity index (χ0v) is 22.4. The van der Waals surface area contributed by atoms with E-state index in [-0.39, 0.29) is 12.5 Å². The largest absolute Gasteiger partial charge is 0.496 e. The fourth-order valence-electron chi connectivity index (χ4n) is 4.61. The van der Waals surface area contributed by atoms with Gasteiger partial charge in [0, 0.05) is 17.5 Å². The van der Waals surface area contributed by atoms with Crippen LogP contribution < -0.4 is 4.74 Å². The molecule has 0 fully saturated rings. The molecule has 38 heavy (non-hydrogen) atoms. The van der Waals surface area contributed by atoms with Crippen LogP contribution in [0.1, 0.15) is 36.7 Å². The number of fused-ring (bicyclic) bond motifs is 2. The molecule has 1 aliphatic heterocycles. The summed E-state index contributed by atoms with van der Waals surface area (Å²) in [5.74, 6) is 0.283. The molecular formula is C29H26N4O4S. The number of nitriles is 1. The maximum atomic E-state index is 13.3. The molecule has 3 heterocycles. The Morgan fingerprint density at radius 3 is 2.68 bits per heavy atom. The highest BCUT2D eigenvalue weighted by atomic mass is 32.1. The lowest BCUT2D eigenvalue weighted by atomic mass is 9.95. The molecule has 2 aromatic heterocycles. The first-order chi connectivity index (χ1) is 18.1. The highest BCUT2D eigenvalue weighted by Gasteiger charge is 2.33. The quantitative estimate of drug-likeness (QED) is 0.285. The predicted molar refractivity (Wildman–Crippen MR) is 146 cm³/mol. The summed E-state index contributed by atoms with van der Waals surface area (Å²) in [6.45, 7) is 9.65. The minimum Gasteiger partial charge on any atom is -0.496 e.